The zero-order valence-electron chi connectivity index (χ0n) is 16.9. The second kappa shape index (κ2) is 9.89. The highest BCUT2D eigenvalue weighted by atomic mass is 32.1. The Morgan fingerprint density at radius 2 is 2.00 bits per heavy atom. The molecule has 0 aliphatic carbocycles. The number of aromatic nitrogens is 1. The molecule has 1 saturated heterocycles. The minimum Gasteiger partial charge on any atom is -0.493 e. The molecule has 0 radical (unpaired) electrons. The fourth-order valence-electron chi connectivity index (χ4n) is 3.55. The van der Waals surface area contributed by atoms with Crippen molar-refractivity contribution in [2.45, 2.75) is 38.6 Å². The van der Waals surface area contributed by atoms with Gasteiger partial charge in [0.25, 0.3) is 0 Å². The smallest absolute Gasteiger partial charge is 0.226 e. The first-order chi connectivity index (χ1) is 13.6. The molecule has 7 heteroatoms. The van der Waals surface area contributed by atoms with Gasteiger partial charge in [-0.05, 0) is 44.0 Å². The molecule has 0 atom stereocenters. The number of likely N-dealkylation sites (tertiary alicyclic amines) is 1. The van der Waals surface area contributed by atoms with Gasteiger partial charge in [0.2, 0.25) is 5.91 Å². The summed E-state index contributed by atoms with van der Waals surface area (Å²) in [5.74, 6) is 1.41. The maximum Gasteiger partial charge on any atom is 0.226 e. The van der Waals surface area contributed by atoms with Gasteiger partial charge in [-0.2, -0.15) is 0 Å². The van der Waals surface area contributed by atoms with Gasteiger partial charge in [-0.3, -0.25) is 4.79 Å². The molecule has 1 amide bonds. The lowest BCUT2D eigenvalue weighted by Crippen LogP contribution is -2.45. The zero-order valence-corrected chi connectivity index (χ0v) is 17.7. The fourth-order valence-corrected chi connectivity index (χ4v) is 4.37. The Kier molecular flexibility index (Phi) is 7.28. The number of amides is 1. The molecule has 1 N–H and O–H groups in total. The average Bonchev–Trinajstić information content (AvgIpc) is 3.17. The van der Waals surface area contributed by atoms with Gasteiger partial charge in [-0.1, -0.05) is 6.92 Å². The Labute approximate surface area is 170 Å². The molecule has 0 bridgehead atoms. The van der Waals surface area contributed by atoms with Crippen molar-refractivity contribution in [1.82, 2.24) is 15.2 Å². The lowest BCUT2D eigenvalue weighted by atomic mass is 10.0. The van der Waals surface area contributed by atoms with Crippen molar-refractivity contribution in [2.24, 2.45) is 0 Å². The van der Waals surface area contributed by atoms with E-state index in [2.05, 4.69) is 22.1 Å². The summed E-state index contributed by atoms with van der Waals surface area (Å²) in [6, 6.07) is 6.01. The third-order valence-corrected chi connectivity index (χ3v) is 5.96. The first kappa shape index (κ1) is 20.6. The summed E-state index contributed by atoms with van der Waals surface area (Å²) < 4.78 is 10.6. The van der Waals surface area contributed by atoms with Gasteiger partial charge in [-0.15, -0.1) is 11.3 Å². The number of hydrogen-bond acceptors (Lipinski definition) is 6. The van der Waals surface area contributed by atoms with E-state index in [1.807, 2.05) is 23.6 Å². The molecular weight excluding hydrogens is 374 g/mol. The van der Waals surface area contributed by atoms with Crippen molar-refractivity contribution in [3.05, 3.63) is 29.3 Å². The number of ether oxygens (including phenoxy) is 2. The third kappa shape index (κ3) is 5.23. The van der Waals surface area contributed by atoms with Crippen LogP contribution in [-0.2, 0) is 11.2 Å². The third-order valence-electron chi connectivity index (χ3n) is 5.02. The number of nitrogens with zero attached hydrogens (tertiary/aromatic N) is 2. The van der Waals surface area contributed by atoms with Crippen molar-refractivity contribution < 1.29 is 14.3 Å². The Hall–Kier alpha value is -2.12. The van der Waals surface area contributed by atoms with E-state index in [1.54, 1.807) is 14.2 Å². The van der Waals surface area contributed by atoms with Gasteiger partial charge < -0.3 is 19.7 Å². The van der Waals surface area contributed by atoms with Crippen molar-refractivity contribution in [3.63, 3.8) is 0 Å². The maximum atomic E-state index is 12.4. The lowest BCUT2D eigenvalue weighted by molar-refractivity contribution is -0.121. The van der Waals surface area contributed by atoms with Crippen LogP contribution >= 0.6 is 11.3 Å². The summed E-state index contributed by atoms with van der Waals surface area (Å²) in [4.78, 5) is 19.5. The van der Waals surface area contributed by atoms with Crippen LogP contribution in [0.5, 0.6) is 11.5 Å². The molecule has 0 unspecified atom stereocenters. The van der Waals surface area contributed by atoms with Crippen LogP contribution in [0.1, 0.15) is 31.9 Å². The standard InChI is InChI=1S/C21H29N3O3S/c1-4-9-24-10-7-16(8-11-24)22-20(25)13-17-14-28-21(23-17)15-5-6-18(26-2)19(12-15)27-3/h5-6,12,14,16H,4,7-11,13H2,1-3H3,(H,22,25). The van der Waals surface area contributed by atoms with E-state index in [9.17, 15) is 4.79 Å². The monoisotopic (exact) mass is 403 g/mol. The van der Waals surface area contributed by atoms with E-state index in [0.717, 1.165) is 48.7 Å². The Balaban J connectivity index is 1.55. The number of hydrogen-bond donors (Lipinski definition) is 1. The van der Waals surface area contributed by atoms with Crippen LogP contribution in [-0.4, -0.2) is 55.7 Å². The molecule has 3 rings (SSSR count). The summed E-state index contributed by atoms with van der Waals surface area (Å²) in [5, 5.41) is 6.00. The minimum atomic E-state index is 0.0538. The number of carbonyl (C=O) groups is 1. The van der Waals surface area contributed by atoms with Crippen LogP contribution in [0.15, 0.2) is 23.6 Å². The van der Waals surface area contributed by atoms with E-state index in [4.69, 9.17) is 9.47 Å². The molecule has 6 nitrogen and oxygen atoms in total. The molecule has 1 aliphatic rings. The van der Waals surface area contributed by atoms with E-state index >= 15 is 0 Å². The molecule has 152 valence electrons. The first-order valence-electron chi connectivity index (χ1n) is 9.81. The fraction of sp³-hybridized carbons (Fsp3) is 0.524. The van der Waals surface area contributed by atoms with Crippen LogP contribution < -0.4 is 14.8 Å². The highest BCUT2D eigenvalue weighted by Gasteiger charge is 2.20. The number of methoxy groups -OCH3 is 2. The van der Waals surface area contributed by atoms with E-state index in [0.29, 0.717) is 17.9 Å². The molecule has 2 aromatic rings. The predicted octanol–water partition coefficient (Wildman–Crippen LogP) is 3.36. The second-order valence-corrected chi connectivity index (χ2v) is 7.93. The SMILES string of the molecule is CCCN1CCC(NC(=O)Cc2csc(-c3ccc(OC)c(OC)c3)n2)CC1. The van der Waals surface area contributed by atoms with Crippen LogP contribution in [0.2, 0.25) is 0 Å². The first-order valence-corrected chi connectivity index (χ1v) is 10.7. The van der Waals surface area contributed by atoms with E-state index in [1.165, 1.54) is 17.8 Å². The molecule has 1 aliphatic heterocycles. The predicted molar refractivity (Wildman–Crippen MR) is 112 cm³/mol. The van der Waals surface area contributed by atoms with Crippen LogP contribution in [0.4, 0.5) is 0 Å². The van der Waals surface area contributed by atoms with Crippen molar-refractivity contribution in [1.29, 1.82) is 0 Å². The van der Waals surface area contributed by atoms with Gasteiger partial charge >= 0.3 is 0 Å². The molecule has 28 heavy (non-hydrogen) atoms. The van der Waals surface area contributed by atoms with Crippen molar-refractivity contribution in [3.8, 4) is 22.1 Å². The molecule has 0 saturated carbocycles. The Morgan fingerprint density at radius 1 is 1.25 bits per heavy atom. The van der Waals surface area contributed by atoms with Crippen molar-refractivity contribution >= 4 is 17.2 Å². The summed E-state index contributed by atoms with van der Waals surface area (Å²) in [6.07, 6.45) is 3.56. The highest BCUT2D eigenvalue weighted by Crippen LogP contribution is 2.33. The number of benzene rings is 1. The topological polar surface area (TPSA) is 63.7 Å². The van der Waals surface area contributed by atoms with Crippen LogP contribution in [0, 0.1) is 0 Å². The Morgan fingerprint density at radius 3 is 2.68 bits per heavy atom. The summed E-state index contributed by atoms with van der Waals surface area (Å²) in [6.45, 7) is 5.49. The van der Waals surface area contributed by atoms with Gasteiger partial charge in [-0.25, -0.2) is 4.98 Å². The molecule has 0 spiro atoms. The second-order valence-electron chi connectivity index (χ2n) is 7.07. The van der Waals surface area contributed by atoms with Gasteiger partial charge in [0.1, 0.15) is 5.01 Å². The van der Waals surface area contributed by atoms with E-state index in [-0.39, 0.29) is 11.9 Å². The summed E-state index contributed by atoms with van der Waals surface area (Å²) in [7, 11) is 3.23. The largest absolute Gasteiger partial charge is 0.493 e. The molecular formula is C21H29N3O3S. The lowest BCUT2D eigenvalue weighted by Gasteiger charge is -2.32. The number of piperidine rings is 1. The zero-order chi connectivity index (χ0) is 19.9. The summed E-state index contributed by atoms with van der Waals surface area (Å²) >= 11 is 1.53. The maximum absolute atomic E-state index is 12.4. The van der Waals surface area contributed by atoms with Crippen LogP contribution in [0.3, 0.4) is 0 Å². The number of rotatable bonds is 8. The molecule has 1 fully saturated rings. The van der Waals surface area contributed by atoms with Gasteiger partial charge in [0.15, 0.2) is 11.5 Å². The average molecular weight is 404 g/mol. The summed E-state index contributed by atoms with van der Waals surface area (Å²) in [5.41, 5.74) is 1.76. The Bertz CT molecular complexity index is 785. The molecule has 1 aromatic carbocycles. The highest BCUT2D eigenvalue weighted by molar-refractivity contribution is 7.13. The van der Waals surface area contributed by atoms with Gasteiger partial charge in [0, 0.05) is 30.1 Å². The minimum absolute atomic E-state index is 0.0538. The van der Waals surface area contributed by atoms with E-state index < -0.39 is 0 Å². The number of nitrogens with one attached hydrogen (secondary N) is 1. The quantitative estimate of drug-likeness (QED) is 0.732. The van der Waals surface area contributed by atoms with Crippen LogP contribution in [0.25, 0.3) is 10.6 Å². The number of carbonyl (C=O) groups excluding carboxylic acids is 1. The van der Waals surface area contributed by atoms with Crippen molar-refractivity contribution in [2.75, 3.05) is 33.9 Å². The molecule has 1 aromatic heterocycles. The molecule has 2 heterocycles. The van der Waals surface area contributed by atoms with Gasteiger partial charge in [0.05, 0.1) is 26.3 Å². The normalized spacial score (nSPS) is 15.4. The number of thiazole rings is 1.